The highest BCUT2D eigenvalue weighted by Gasteiger charge is 1.97. The summed E-state index contributed by atoms with van der Waals surface area (Å²) >= 11 is 0. The molecule has 0 aliphatic carbocycles. The predicted octanol–water partition coefficient (Wildman–Crippen LogP) is 5.35. The Kier molecular flexibility index (Phi) is 15.3. The van der Waals surface area contributed by atoms with Gasteiger partial charge in [0.25, 0.3) is 0 Å². The number of hydrogen-bond donors (Lipinski definition) is 0. The van der Waals surface area contributed by atoms with E-state index < -0.39 is 0 Å². The smallest absolute Gasteiger partial charge is 0.332 e. The summed E-state index contributed by atoms with van der Waals surface area (Å²) in [4.78, 5) is 10.2. The Morgan fingerprint density at radius 3 is 2.00 bits per heavy atom. The Morgan fingerprint density at radius 2 is 1.67 bits per heavy atom. The molecule has 120 valence electrons. The highest BCUT2D eigenvalue weighted by Crippen LogP contribution is 2.12. The molecule has 0 bridgehead atoms. The molecule has 0 fully saturated rings. The Balaban J connectivity index is 0. The molecule has 0 atom stereocenters. The fraction of sp³-hybridized carbons (Fsp3) is 0.526. The molecule has 0 spiro atoms. The molecule has 1 rings (SSSR count). The van der Waals surface area contributed by atoms with Crippen LogP contribution in [0, 0.1) is 0 Å². The van der Waals surface area contributed by atoms with Crippen molar-refractivity contribution in [3.63, 3.8) is 0 Å². The van der Waals surface area contributed by atoms with Gasteiger partial charge in [0, 0.05) is 5.57 Å². The molecule has 0 aromatic heterocycles. The van der Waals surface area contributed by atoms with E-state index in [2.05, 4.69) is 49.4 Å². The van der Waals surface area contributed by atoms with Gasteiger partial charge in [0.15, 0.2) is 0 Å². The molecule has 0 radical (unpaired) electrons. The van der Waals surface area contributed by atoms with Crippen molar-refractivity contribution in [1.82, 2.24) is 0 Å². The summed E-state index contributed by atoms with van der Waals surface area (Å²) in [6.45, 7) is 13.4. The van der Waals surface area contributed by atoms with E-state index in [1.165, 1.54) is 38.4 Å². The van der Waals surface area contributed by atoms with Crippen LogP contribution in [0.4, 0.5) is 0 Å². The molecular formula is C19H32O2. The number of methoxy groups -OCH3 is 1. The number of rotatable bonds is 5. The lowest BCUT2D eigenvalue weighted by molar-refractivity contribution is -0.136. The monoisotopic (exact) mass is 292 g/mol. The zero-order chi connectivity index (χ0) is 16.7. The fourth-order valence-corrected chi connectivity index (χ4v) is 1.69. The van der Waals surface area contributed by atoms with Gasteiger partial charge >= 0.3 is 5.97 Å². The SMILES string of the molecule is C=C(C)C(=O)OC.CC.CCCCc1ccccc1CC. The van der Waals surface area contributed by atoms with Gasteiger partial charge in [-0.05, 0) is 37.3 Å². The van der Waals surface area contributed by atoms with Gasteiger partial charge in [-0.1, -0.05) is 65.0 Å². The van der Waals surface area contributed by atoms with E-state index in [4.69, 9.17) is 0 Å². The minimum Gasteiger partial charge on any atom is -0.466 e. The van der Waals surface area contributed by atoms with Crippen LogP contribution < -0.4 is 0 Å². The van der Waals surface area contributed by atoms with Crippen molar-refractivity contribution >= 4 is 5.97 Å². The molecular weight excluding hydrogens is 260 g/mol. The van der Waals surface area contributed by atoms with Crippen LogP contribution in [-0.4, -0.2) is 13.1 Å². The van der Waals surface area contributed by atoms with E-state index in [1.54, 1.807) is 12.5 Å². The molecule has 0 aliphatic rings. The maximum atomic E-state index is 10.2. The van der Waals surface area contributed by atoms with E-state index in [0.29, 0.717) is 5.57 Å². The average Bonchev–Trinajstić information content (AvgIpc) is 2.54. The van der Waals surface area contributed by atoms with Crippen LogP contribution in [0.2, 0.25) is 0 Å². The molecule has 1 aromatic rings. The summed E-state index contributed by atoms with van der Waals surface area (Å²) in [7, 11) is 1.33. The second-order valence-electron chi connectivity index (χ2n) is 4.50. The van der Waals surface area contributed by atoms with Crippen LogP contribution in [0.5, 0.6) is 0 Å². The Labute approximate surface area is 131 Å². The van der Waals surface area contributed by atoms with Crippen molar-refractivity contribution in [3.05, 3.63) is 47.5 Å². The summed E-state index contributed by atoms with van der Waals surface area (Å²) in [6.07, 6.45) is 5.02. The fourth-order valence-electron chi connectivity index (χ4n) is 1.69. The van der Waals surface area contributed by atoms with Crippen LogP contribution >= 0.6 is 0 Å². The minimum atomic E-state index is -0.347. The van der Waals surface area contributed by atoms with E-state index >= 15 is 0 Å². The highest BCUT2D eigenvalue weighted by atomic mass is 16.5. The van der Waals surface area contributed by atoms with Crippen LogP contribution in [0.25, 0.3) is 0 Å². The molecule has 0 amide bonds. The first-order valence-electron chi connectivity index (χ1n) is 7.87. The molecule has 0 heterocycles. The van der Waals surface area contributed by atoms with Crippen molar-refractivity contribution in [2.24, 2.45) is 0 Å². The number of carbonyl (C=O) groups is 1. The number of carbonyl (C=O) groups excluding carboxylic acids is 1. The van der Waals surface area contributed by atoms with Crippen molar-refractivity contribution in [1.29, 1.82) is 0 Å². The van der Waals surface area contributed by atoms with Crippen molar-refractivity contribution in [3.8, 4) is 0 Å². The Morgan fingerprint density at radius 1 is 1.14 bits per heavy atom. The Bertz CT molecular complexity index is 394. The first-order valence-corrected chi connectivity index (χ1v) is 7.87. The van der Waals surface area contributed by atoms with Crippen molar-refractivity contribution in [2.45, 2.75) is 60.3 Å². The van der Waals surface area contributed by atoms with Gasteiger partial charge in [0.05, 0.1) is 7.11 Å². The topological polar surface area (TPSA) is 26.3 Å². The normalized spacial score (nSPS) is 8.67. The zero-order valence-corrected chi connectivity index (χ0v) is 14.7. The lowest BCUT2D eigenvalue weighted by atomic mass is 10.0. The summed E-state index contributed by atoms with van der Waals surface area (Å²) in [6, 6.07) is 8.78. The molecule has 0 aliphatic heterocycles. The molecule has 0 unspecified atom stereocenters. The molecule has 21 heavy (non-hydrogen) atoms. The van der Waals surface area contributed by atoms with E-state index in [0.717, 1.165) is 0 Å². The van der Waals surface area contributed by atoms with Gasteiger partial charge in [-0.3, -0.25) is 0 Å². The van der Waals surface area contributed by atoms with Crippen LogP contribution in [-0.2, 0) is 22.4 Å². The van der Waals surface area contributed by atoms with Crippen molar-refractivity contribution < 1.29 is 9.53 Å². The lowest BCUT2D eigenvalue weighted by Gasteiger charge is -2.05. The molecule has 0 N–H and O–H groups in total. The molecule has 0 saturated heterocycles. The molecule has 0 saturated carbocycles. The molecule has 1 aromatic carbocycles. The van der Waals surface area contributed by atoms with Gasteiger partial charge in [-0.15, -0.1) is 0 Å². The summed E-state index contributed by atoms with van der Waals surface area (Å²) in [5.41, 5.74) is 3.50. The number of unbranched alkanes of at least 4 members (excludes halogenated alkanes) is 1. The molecule has 2 nitrogen and oxygen atoms in total. The van der Waals surface area contributed by atoms with E-state index in [1.807, 2.05) is 13.8 Å². The standard InChI is InChI=1S/C12H18.C5H8O2.C2H6/c1-3-5-8-12-10-7-6-9-11(12)4-2;1-4(2)5(6)7-3;1-2/h6-7,9-10H,3-5,8H2,1-2H3;1H2,2-3H3;1-2H3. The van der Waals surface area contributed by atoms with Crippen LogP contribution in [0.1, 0.15) is 58.6 Å². The van der Waals surface area contributed by atoms with Gasteiger partial charge in [0.2, 0.25) is 0 Å². The van der Waals surface area contributed by atoms with Crippen LogP contribution in [0.15, 0.2) is 36.4 Å². The number of esters is 1. The van der Waals surface area contributed by atoms with Gasteiger partial charge in [0.1, 0.15) is 0 Å². The maximum absolute atomic E-state index is 10.2. The van der Waals surface area contributed by atoms with Gasteiger partial charge in [-0.25, -0.2) is 4.79 Å². The van der Waals surface area contributed by atoms with E-state index in [-0.39, 0.29) is 5.97 Å². The second-order valence-corrected chi connectivity index (χ2v) is 4.50. The minimum absolute atomic E-state index is 0.347. The maximum Gasteiger partial charge on any atom is 0.332 e. The Hall–Kier alpha value is -1.57. The third-order valence-corrected chi connectivity index (χ3v) is 2.83. The lowest BCUT2D eigenvalue weighted by Crippen LogP contribution is -1.98. The number of benzene rings is 1. The molecule has 2 heteroatoms. The summed E-state index contributed by atoms with van der Waals surface area (Å²) in [5, 5.41) is 0. The first kappa shape index (κ1) is 21.7. The van der Waals surface area contributed by atoms with Crippen LogP contribution in [0.3, 0.4) is 0 Å². The highest BCUT2D eigenvalue weighted by molar-refractivity contribution is 5.86. The summed E-state index contributed by atoms with van der Waals surface area (Å²) in [5.74, 6) is -0.347. The predicted molar refractivity (Wildman–Crippen MR) is 92.6 cm³/mol. The van der Waals surface area contributed by atoms with Gasteiger partial charge in [-0.2, -0.15) is 0 Å². The quantitative estimate of drug-likeness (QED) is 0.540. The number of hydrogen-bond acceptors (Lipinski definition) is 2. The largest absolute Gasteiger partial charge is 0.466 e. The number of aryl methyl sites for hydroxylation is 2. The number of ether oxygens (including phenoxy) is 1. The third kappa shape index (κ3) is 10.8. The zero-order valence-electron chi connectivity index (χ0n) is 14.7. The second kappa shape index (κ2) is 14.8. The van der Waals surface area contributed by atoms with E-state index in [9.17, 15) is 4.79 Å². The van der Waals surface area contributed by atoms with Crippen molar-refractivity contribution in [2.75, 3.05) is 7.11 Å². The summed E-state index contributed by atoms with van der Waals surface area (Å²) < 4.78 is 4.27. The first-order chi connectivity index (χ1) is 10.1. The average molecular weight is 292 g/mol. The van der Waals surface area contributed by atoms with Gasteiger partial charge < -0.3 is 4.74 Å². The third-order valence-electron chi connectivity index (χ3n) is 2.83.